The average Bonchev–Trinajstić information content (AvgIpc) is 2.67. The molecular formula is C18H11Cl4F7N2O. The van der Waals surface area contributed by atoms with Gasteiger partial charge < -0.3 is 0 Å². The molecule has 0 bridgehead atoms. The predicted molar refractivity (Wildman–Crippen MR) is 110 cm³/mol. The van der Waals surface area contributed by atoms with Crippen LogP contribution in [-0.4, -0.2) is 12.1 Å². The van der Waals surface area contributed by atoms with E-state index >= 15 is 0 Å². The van der Waals surface area contributed by atoms with Crippen molar-refractivity contribution in [3.05, 3.63) is 73.7 Å². The minimum Gasteiger partial charge on any atom is -0.290 e. The quantitative estimate of drug-likeness (QED) is 0.139. The SMILES string of the molecule is Cl.NNC(=O)c1ccc(/C(F)=C/C(c2cc(Cl)c(Cl)c(Cl)c2)C(F)(F)F)cc1C(F)(F)F. The summed E-state index contributed by atoms with van der Waals surface area (Å²) in [6.45, 7) is 0. The predicted octanol–water partition coefficient (Wildman–Crippen LogP) is 7.35. The smallest absolute Gasteiger partial charge is 0.290 e. The lowest BCUT2D eigenvalue weighted by Crippen LogP contribution is -2.31. The number of nitrogens with one attached hydrogen (secondary N) is 1. The van der Waals surface area contributed by atoms with Crippen molar-refractivity contribution in [2.45, 2.75) is 18.3 Å². The van der Waals surface area contributed by atoms with E-state index in [1.165, 1.54) is 5.43 Å². The van der Waals surface area contributed by atoms with Crippen LogP contribution in [0.25, 0.3) is 5.83 Å². The molecule has 1 atom stereocenters. The van der Waals surface area contributed by atoms with E-state index in [1.807, 2.05) is 0 Å². The topological polar surface area (TPSA) is 55.1 Å². The number of hydrogen-bond acceptors (Lipinski definition) is 2. The van der Waals surface area contributed by atoms with E-state index in [-0.39, 0.29) is 39.6 Å². The van der Waals surface area contributed by atoms with Crippen LogP contribution in [0.4, 0.5) is 30.7 Å². The second kappa shape index (κ2) is 10.5. The molecular weight excluding hydrogens is 535 g/mol. The molecule has 0 spiro atoms. The maximum absolute atomic E-state index is 14.6. The molecule has 0 aromatic heterocycles. The second-order valence-electron chi connectivity index (χ2n) is 6.06. The van der Waals surface area contributed by atoms with Gasteiger partial charge in [0.05, 0.1) is 26.2 Å². The maximum atomic E-state index is 14.6. The van der Waals surface area contributed by atoms with Crippen molar-refractivity contribution in [1.29, 1.82) is 0 Å². The van der Waals surface area contributed by atoms with E-state index in [0.29, 0.717) is 12.1 Å². The van der Waals surface area contributed by atoms with Crippen LogP contribution in [0.15, 0.2) is 36.4 Å². The Morgan fingerprint density at radius 2 is 1.53 bits per heavy atom. The van der Waals surface area contributed by atoms with Crippen LogP contribution in [0.2, 0.25) is 15.1 Å². The van der Waals surface area contributed by atoms with Gasteiger partial charge in [0.25, 0.3) is 5.91 Å². The fourth-order valence-electron chi connectivity index (χ4n) is 2.58. The third kappa shape index (κ3) is 6.41. The monoisotopic (exact) mass is 544 g/mol. The number of hydrazine groups is 1. The Kier molecular flexibility index (Phi) is 9.27. The first-order chi connectivity index (χ1) is 14.2. The molecule has 0 radical (unpaired) electrons. The Bertz CT molecular complexity index is 1020. The molecule has 0 heterocycles. The zero-order valence-corrected chi connectivity index (χ0v) is 18.3. The molecule has 14 heteroatoms. The van der Waals surface area contributed by atoms with Crippen molar-refractivity contribution in [3.8, 4) is 0 Å². The molecule has 3 N–H and O–H groups in total. The number of halogens is 11. The van der Waals surface area contributed by atoms with E-state index in [4.69, 9.17) is 40.6 Å². The molecule has 1 unspecified atom stereocenters. The van der Waals surface area contributed by atoms with E-state index in [0.717, 1.165) is 12.1 Å². The molecule has 2 aromatic carbocycles. The maximum Gasteiger partial charge on any atom is 0.417 e. The number of alkyl halides is 6. The molecule has 3 nitrogen and oxygen atoms in total. The number of allylic oxidation sites excluding steroid dienone is 1. The van der Waals surface area contributed by atoms with Crippen LogP contribution >= 0.6 is 47.2 Å². The highest BCUT2D eigenvalue weighted by Crippen LogP contribution is 2.42. The van der Waals surface area contributed by atoms with Gasteiger partial charge >= 0.3 is 12.4 Å². The van der Waals surface area contributed by atoms with Crippen LogP contribution in [-0.2, 0) is 6.18 Å². The number of rotatable bonds is 4. The Labute approximate surface area is 197 Å². The van der Waals surface area contributed by atoms with Crippen molar-refractivity contribution in [2.75, 3.05) is 0 Å². The van der Waals surface area contributed by atoms with E-state index < -0.39 is 52.3 Å². The van der Waals surface area contributed by atoms with Gasteiger partial charge in [-0.15, -0.1) is 12.4 Å². The Balaban J connectivity index is 0.00000512. The van der Waals surface area contributed by atoms with Crippen LogP contribution < -0.4 is 11.3 Å². The molecule has 32 heavy (non-hydrogen) atoms. The first kappa shape index (κ1) is 28.3. The Hall–Kier alpha value is -1.72. The lowest BCUT2D eigenvalue weighted by molar-refractivity contribution is -0.140. The lowest BCUT2D eigenvalue weighted by Gasteiger charge is -2.19. The summed E-state index contributed by atoms with van der Waals surface area (Å²) in [6, 6.07) is 3.13. The third-order valence-corrected chi connectivity index (χ3v) is 5.20. The molecule has 176 valence electrons. The first-order valence-corrected chi connectivity index (χ1v) is 9.11. The van der Waals surface area contributed by atoms with Crippen molar-refractivity contribution in [3.63, 3.8) is 0 Å². The molecule has 2 rings (SSSR count). The van der Waals surface area contributed by atoms with Crippen molar-refractivity contribution in [2.24, 2.45) is 5.84 Å². The van der Waals surface area contributed by atoms with Crippen molar-refractivity contribution < 1.29 is 35.5 Å². The van der Waals surface area contributed by atoms with Gasteiger partial charge in [-0.2, -0.15) is 26.3 Å². The summed E-state index contributed by atoms with van der Waals surface area (Å²) in [6.07, 6.45) is -10.1. The largest absolute Gasteiger partial charge is 0.417 e. The van der Waals surface area contributed by atoms with E-state index in [1.54, 1.807) is 0 Å². The molecule has 0 aliphatic rings. The van der Waals surface area contributed by atoms with E-state index in [2.05, 4.69) is 0 Å². The third-order valence-electron chi connectivity index (χ3n) is 4.01. The van der Waals surface area contributed by atoms with Crippen LogP contribution in [0, 0.1) is 0 Å². The molecule has 0 aliphatic carbocycles. The first-order valence-electron chi connectivity index (χ1n) is 7.97. The molecule has 0 saturated heterocycles. The number of nitrogen functional groups attached to an aromatic ring is 1. The number of benzene rings is 2. The molecule has 0 aliphatic heterocycles. The van der Waals surface area contributed by atoms with Gasteiger partial charge in [0, 0.05) is 5.56 Å². The van der Waals surface area contributed by atoms with Crippen LogP contribution in [0.5, 0.6) is 0 Å². The van der Waals surface area contributed by atoms with Gasteiger partial charge in [-0.25, -0.2) is 10.2 Å². The fourth-order valence-corrected chi connectivity index (χ4v) is 3.19. The highest BCUT2D eigenvalue weighted by molar-refractivity contribution is 6.48. The minimum absolute atomic E-state index is 0. The number of carbonyl (C=O) groups excluding carboxylic acids is 1. The number of amides is 1. The summed E-state index contributed by atoms with van der Waals surface area (Å²) in [5.41, 5.74) is -2.45. The van der Waals surface area contributed by atoms with Crippen molar-refractivity contribution >= 4 is 58.9 Å². The molecule has 0 fully saturated rings. The van der Waals surface area contributed by atoms with Gasteiger partial charge in [-0.1, -0.05) is 40.9 Å². The molecule has 0 saturated carbocycles. The summed E-state index contributed by atoms with van der Waals surface area (Å²) in [5.74, 6) is -0.739. The summed E-state index contributed by atoms with van der Waals surface area (Å²) >= 11 is 17.2. The average molecular weight is 546 g/mol. The Morgan fingerprint density at radius 3 is 1.97 bits per heavy atom. The number of carbonyl (C=O) groups is 1. The number of nitrogens with two attached hydrogens (primary N) is 1. The summed E-state index contributed by atoms with van der Waals surface area (Å²) < 4.78 is 95.0. The zero-order chi connectivity index (χ0) is 23.7. The number of hydrogen-bond donors (Lipinski definition) is 2. The highest BCUT2D eigenvalue weighted by atomic mass is 35.5. The summed E-state index contributed by atoms with van der Waals surface area (Å²) in [4.78, 5) is 11.5. The van der Waals surface area contributed by atoms with Gasteiger partial charge in [-0.05, 0) is 35.9 Å². The normalized spacial score (nSPS) is 13.4. The lowest BCUT2D eigenvalue weighted by atomic mass is 9.95. The van der Waals surface area contributed by atoms with Gasteiger partial charge in [-0.3, -0.25) is 10.2 Å². The highest BCUT2D eigenvalue weighted by Gasteiger charge is 2.41. The zero-order valence-electron chi connectivity index (χ0n) is 15.2. The fraction of sp³-hybridized carbons (Fsp3) is 0.167. The second-order valence-corrected chi connectivity index (χ2v) is 7.26. The molecule has 2 aromatic rings. The van der Waals surface area contributed by atoms with Gasteiger partial charge in [0.15, 0.2) is 0 Å². The Morgan fingerprint density at radius 1 is 1.00 bits per heavy atom. The van der Waals surface area contributed by atoms with E-state index in [9.17, 15) is 35.5 Å². The summed E-state index contributed by atoms with van der Waals surface area (Å²) in [7, 11) is 0. The standard InChI is InChI=1S/C18H10Cl3F7N2O.ClH/c19-12-4-8(5-13(20)15(12)21)10(17(23,24)25)6-14(22)7-1-2-9(16(31)30-29)11(3-7)18(26,27)28;/h1-6,10H,29H2,(H,30,31);1H/b14-6-;. The van der Waals surface area contributed by atoms with Crippen LogP contribution in [0.1, 0.15) is 33.0 Å². The van der Waals surface area contributed by atoms with Gasteiger partial charge in [0.1, 0.15) is 11.7 Å². The van der Waals surface area contributed by atoms with Gasteiger partial charge in [0.2, 0.25) is 0 Å². The minimum atomic E-state index is -5.11. The molecule has 1 amide bonds. The van der Waals surface area contributed by atoms with Crippen molar-refractivity contribution in [1.82, 2.24) is 5.43 Å². The summed E-state index contributed by atoms with van der Waals surface area (Å²) in [5, 5.41) is -0.881. The van der Waals surface area contributed by atoms with Crippen LogP contribution in [0.3, 0.4) is 0 Å².